The van der Waals surface area contributed by atoms with E-state index < -0.39 is 6.16 Å². The van der Waals surface area contributed by atoms with Crippen LogP contribution in [0.3, 0.4) is 0 Å². The first-order valence-corrected chi connectivity index (χ1v) is 6.34. The first-order chi connectivity index (χ1) is 8.60. The number of phenols is 1. The third-order valence-corrected chi connectivity index (χ3v) is 2.80. The molecule has 0 fully saturated rings. The fourth-order valence-corrected chi connectivity index (χ4v) is 1.89. The van der Waals surface area contributed by atoms with E-state index in [1.165, 1.54) is 0 Å². The van der Waals surface area contributed by atoms with Crippen molar-refractivity contribution < 1.29 is 19.7 Å². The van der Waals surface area contributed by atoms with E-state index in [0.29, 0.717) is 12.8 Å². The summed E-state index contributed by atoms with van der Waals surface area (Å²) in [5.74, 6) is 0.0646. The average Bonchev–Trinajstić information content (AvgIpc) is 2.33. The van der Waals surface area contributed by atoms with Gasteiger partial charge in [0, 0.05) is 0 Å². The zero-order valence-corrected chi connectivity index (χ0v) is 10.9. The molecule has 18 heavy (non-hydrogen) atoms. The molecule has 1 aromatic carbocycles. The highest BCUT2D eigenvalue weighted by molar-refractivity contribution is 5.65. The number of rotatable bonds is 6. The van der Waals surface area contributed by atoms with Crippen LogP contribution in [0.4, 0.5) is 4.79 Å². The lowest BCUT2D eigenvalue weighted by Crippen LogP contribution is -2.06. The normalized spacial score (nSPS) is 10.3. The van der Waals surface area contributed by atoms with Gasteiger partial charge in [-0.05, 0) is 30.4 Å². The van der Waals surface area contributed by atoms with Crippen LogP contribution in [0, 0.1) is 0 Å². The number of hydrogen-bond donors (Lipinski definition) is 2. The van der Waals surface area contributed by atoms with Crippen molar-refractivity contribution in [3.05, 3.63) is 23.3 Å². The molecule has 0 aliphatic heterocycles. The van der Waals surface area contributed by atoms with E-state index in [4.69, 9.17) is 9.84 Å². The maximum atomic E-state index is 10.7. The molecule has 0 spiro atoms. The molecule has 100 valence electrons. The Morgan fingerprint density at radius 1 is 1.17 bits per heavy atom. The molecule has 0 heterocycles. The van der Waals surface area contributed by atoms with Gasteiger partial charge in [0.1, 0.15) is 0 Å². The van der Waals surface area contributed by atoms with E-state index in [1.54, 1.807) is 0 Å². The highest BCUT2D eigenvalue weighted by atomic mass is 16.7. The molecule has 0 aromatic heterocycles. The summed E-state index contributed by atoms with van der Waals surface area (Å²) in [5, 5.41) is 18.8. The molecule has 0 saturated carbocycles. The van der Waals surface area contributed by atoms with Gasteiger partial charge in [0.25, 0.3) is 0 Å². The zero-order chi connectivity index (χ0) is 13.5. The fourth-order valence-electron chi connectivity index (χ4n) is 1.89. The van der Waals surface area contributed by atoms with Crippen LogP contribution in [-0.2, 0) is 12.8 Å². The van der Waals surface area contributed by atoms with Gasteiger partial charge in [0.2, 0.25) is 0 Å². The number of unbranched alkanes of at least 4 members (excludes halogenated alkanes) is 1. The van der Waals surface area contributed by atoms with Crippen LogP contribution in [0.5, 0.6) is 11.5 Å². The minimum atomic E-state index is -1.39. The van der Waals surface area contributed by atoms with Gasteiger partial charge in [-0.3, -0.25) is 0 Å². The van der Waals surface area contributed by atoms with Crippen molar-refractivity contribution >= 4 is 6.16 Å². The van der Waals surface area contributed by atoms with E-state index in [0.717, 1.165) is 30.4 Å². The SMILES string of the molecule is CCCCc1ccc(CCC)c(O)c1OC(=O)O. The molecule has 1 rings (SSSR count). The molecule has 0 radical (unpaired) electrons. The second-order valence-corrected chi connectivity index (χ2v) is 4.28. The second-order valence-electron chi connectivity index (χ2n) is 4.28. The number of aryl methyl sites for hydroxylation is 2. The molecule has 0 atom stereocenters. The van der Waals surface area contributed by atoms with Gasteiger partial charge in [-0.2, -0.15) is 0 Å². The topological polar surface area (TPSA) is 66.8 Å². The van der Waals surface area contributed by atoms with Crippen molar-refractivity contribution in [3.8, 4) is 11.5 Å². The van der Waals surface area contributed by atoms with Crippen LogP contribution >= 0.6 is 0 Å². The van der Waals surface area contributed by atoms with E-state index >= 15 is 0 Å². The lowest BCUT2D eigenvalue weighted by molar-refractivity contribution is 0.142. The molecule has 0 unspecified atom stereocenters. The highest BCUT2D eigenvalue weighted by Gasteiger charge is 2.16. The smallest absolute Gasteiger partial charge is 0.504 e. The predicted octanol–water partition coefficient (Wildman–Crippen LogP) is 3.74. The van der Waals surface area contributed by atoms with Gasteiger partial charge >= 0.3 is 6.16 Å². The minimum absolute atomic E-state index is 0.0344. The van der Waals surface area contributed by atoms with Gasteiger partial charge in [-0.25, -0.2) is 4.79 Å². The Bertz CT molecular complexity index is 413. The summed E-state index contributed by atoms with van der Waals surface area (Å²) < 4.78 is 4.73. The number of benzene rings is 1. The van der Waals surface area contributed by atoms with Gasteiger partial charge in [0.05, 0.1) is 0 Å². The first-order valence-electron chi connectivity index (χ1n) is 6.34. The van der Waals surface area contributed by atoms with Crippen molar-refractivity contribution in [1.82, 2.24) is 0 Å². The third-order valence-electron chi connectivity index (χ3n) is 2.80. The summed E-state index contributed by atoms with van der Waals surface area (Å²) in [5.41, 5.74) is 1.48. The lowest BCUT2D eigenvalue weighted by atomic mass is 10.0. The minimum Gasteiger partial charge on any atom is -0.504 e. The van der Waals surface area contributed by atoms with Crippen LogP contribution < -0.4 is 4.74 Å². The number of hydrogen-bond acceptors (Lipinski definition) is 3. The summed E-state index contributed by atoms with van der Waals surface area (Å²) in [7, 11) is 0. The van der Waals surface area contributed by atoms with Crippen molar-refractivity contribution in [2.75, 3.05) is 0 Å². The van der Waals surface area contributed by atoms with Crippen molar-refractivity contribution in [2.24, 2.45) is 0 Å². The predicted molar refractivity (Wildman–Crippen MR) is 69.4 cm³/mol. The maximum absolute atomic E-state index is 10.7. The fraction of sp³-hybridized carbons (Fsp3) is 0.500. The first kappa shape index (κ1) is 14.4. The van der Waals surface area contributed by atoms with E-state index in [1.807, 2.05) is 19.1 Å². The van der Waals surface area contributed by atoms with Gasteiger partial charge < -0.3 is 14.9 Å². The molecule has 0 saturated heterocycles. The summed E-state index contributed by atoms with van der Waals surface area (Å²) in [6.45, 7) is 4.06. The van der Waals surface area contributed by atoms with Gasteiger partial charge in [-0.1, -0.05) is 38.8 Å². The summed E-state index contributed by atoms with van der Waals surface area (Å²) in [6.07, 6.45) is 2.84. The number of aromatic hydroxyl groups is 1. The zero-order valence-electron chi connectivity index (χ0n) is 10.9. The number of carboxylic acid groups (broad SMARTS) is 1. The van der Waals surface area contributed by atoms with Crippen molar-refractivity contribution in [1.29, 1.82) is 0 Å². The van der Waals surface area contributed by atoms with Crippen molar-refractivity contribution in [2.45, 2.75) is 46.0 Å². The molecular formula is C14H20O4. The molecule has 0 amide bonds. The largest absolute Gasteiger partial charge is 0.511 e. The molecule has 0 aliphatic rings. The summed E-state index contributed by atoms with van der Waals surface area (Å²) >= 11 is 0. The van der Waals surface area contributed by atoms with Crippen LogP contribution in [0.15, 0.2) is 12.1 Å². The molecule has 1 aromatic rings. The Morgan fingerprint density at radius 2 is 1.83 bits per heavy atom. The standard InChI is InChI=1S/C14H20O4/c1-3-5-7-11-9-8-10(6-4-2)12(15)13(11)18-14(16)17/h8-9,15H,3-7H2,1-2H3,(H,16,17). The molecule has 0 aliphatic carbocycles. The summed E-state index contributed by atoms with van der Waals surface area (Å²) in [4.78, 5) is 10.7. The van der Waals surface area contributed by atoms with E-state index in [2.05, 4.69) is 6.92 Å². The lowest BCUT2D eigenvalue weighted by Gasteiger charge is -2.13. The molecule has 4 heteroatoms. The molecule has 2 N–H and O–H groups in total. The quantitative estimate of drug-likeness (QED) is 0.597. The Morgan fingerprint density at radius 3 is 2.39 bits per heavy atom. The van der Waals surface area contributed by atoms with E-state index in [-0.39, 0.29) is 11.5 Å². The van der Waals surface area contributed by atoms with Crippen molar-refractivity contribution in [3.63, 3.8) is 0 Å². The Hall–Kier alpha value is -1.71. The Labute approximate surface area is 107 Å². The van der Waals surface area contributed by atoms with Gasteiger partial charge in [0.15, 0.2) is 11.5 Å². The number of carbonyl (C=O) groups is 1. The number of phenolic OH excluding ortho intramolecular Hbond substituents is 1. The van der Waals surface area contributed by atoms with Crippen LogP contribution in [-0.4, -0.2) is 16.4 Å². The molecular weight excluding hydrogens is 232 g/mol. The number of ether oxygens (including phenoxy) is 1. The monoisotopic (exact) mass is 252 g/mol. The van der Waals surface area contributed by atoms with E-state index in [9.17, 15) is 9.90 Å². The second kappa shape index (κ2) is 6.89. The highest BCUT2D eigenvalue weighted by Crippen LogP contribution is 2.35. The Kier molecular flexibility index (Phi) is 5.49. The maximum Gasteiger partial charge on any atom is 0.511 e. The summed E-state index contributed by atoms with van der Waals surface area (Å²) in [6, 6.07) is 3.69. The Balaban J connectivity index is 3.09. The third kappa shape index (κ3) is 3.65. The van der Waals surface area contributed by atoms with Crippen LogP contribution in [0.25, 0.3) is 0 Å². The average molecular weight is 252 g/mol. The van der Waals surface area contributed by atoms with Crippen LogP contribution in [0.2, 0.25) is 0 Å². The molecule has 0 bridgehead atoms. The van der Waals surface area contributed by atoms with Gasteiger partial charge in [-0.15, -0.1) is 0 Å². The van der Waals surface area contributed by atoms with Crippen LogP contribution in [0.1, 0.15) is 44.2 Å². The molecule has 4 nitrogen and oxygen atoms in total.